The number of hydrogen-bond acceptors (Lipinski definition) is 2. The molecule has 17 heavy (non-hydrogen) atoms. The van der Waals surface area contributed by atoms with E-state index in [1.165, 1.54) is 6.07 Å². The number of halogens is 2. The number of aromatic hydroxyl groups is 1. The Morgan fingerprint density at radius 1 is 1.59 bits per heavy atom. The van der Waals surface area contributed by atoms with Crippen LogP contribution in [0.15, 0.2) is 18.2 Å². The maximum Gasteiger partial charge on any atom is 0.255 e. The fourth-order valence-corrected chi connectivity index (χ4v) is 1.51. The summed E-state index contributed by atoms with van der Waals surface area (Å²) in [5.74, 6) is -1.17. The van der Waals surface area contributed by atoms with Crippen LogP contribution in [-0.4, -0.2) is 22.4 Å². The van der Waals surface area contributed by atoms with E-state index in [0.29, 0.717) is 6.42 Å². The molecule has 1 rings (SSSR count). The molecule has 0 aromatic heterocycles. The summed E-state index contributed by atoms with van der Waals surface area (Å²) < 4.78 is 12.8. The monoisotopic (exact) mass is 259 g/mol. The van der Waals surface area contributed by atoms with E-state index in [4.69, 9.17) is 11.6 Å². The summed E-state index contributed by atoms with van der Waals surface area (Å²) in [4.78, 5) is 11.9. The smallest absolute Gasteiger partial charge is 0.255 e. The van der Waals surface area contributed by atoms with Crippen molar-refractivity contribution in [2.45, 2.75) is 25.8 Å². The van der Waals surface area contributed by atoms with Crippen LogP contribution in [0, 0.1) is 5.82 Å². The van der Waals surface area contributed by atoms with Crippen molar-refractivity contribution in [3.05, 3.63) is 29.6 Å². The van der Waals surface area contributed by atoms with Gasteiger partial charge >= 0.3 is 0 Å². The van der Waals surface area contributed by atoms with Gasteiger partial charge in [-0.1, -0.05) is 6.92 Å². The van der Waals surface area contributed by atoms with Crippen molar-refractivity contribution in [1.82, 2.24) is 5.32 Å². The quantitative estimate of drug-likeness (QED) is 0.817. The van der Waals surface area contributed by atoms with Crippen LogP contribution < -0.4 is 5.32 Å². The molecule has 0 saturated heterocycles. The van der Waals surface area contributed by atoms with Crippen LogP contribution in [0.4, 0.5) is 4.39 Å². The van der Waals surface area contributed by atoms with Crippen LogP contribution in [0.25, 0.3) is 0 Å². The molecule has 0 aliphatic heterocycles. The molecule has 0 radical (unpaired) electrons. The van der Waals surface area contributed by atoms with Crippen molar-refractivity contribution in [3.8, 4) is 5.75 Å². The number of rotatable bonds is 4. The zero-order valence-corrected chi connectivity index (χ0v) is 10.5. The SMILES string of the molecule is CCC(C)(CCl)NC(=O)c1ccc(F)cc1O. The first kappa shape index (κ1) is 13.8. The first-order valence-electron chi connectivity index (χ1n) is 5.29. The highest BCUT2D eigenvalue weighted by atomic mass is 35.5. The zero-order chi connectivity index (χ0) is 13.1. The standard InChI is InChI=1S/C12H15ClFNO2/c1-3-12(2,7-13)15-11(17)9-5-4-8(14)6-10(9)16/h4-6,16H,3,7H2,1-2H3,(H,15,17). The fourth-order valence-electron chi connectivity index (χ4n) is 1.25. The highest BCUT2D eigenvalue weighted by molar-refractivity contribution is 6.18. The minimum Gasteiger partial charge on any atom is -0.507 e. The summed E-state index contributed by atoms with van der Waals surface area (Å²) in [5.41, 5.74) is -0.504. The Morgan fingerprint density at radius 3 is 2.71 bits per heavy atom. The van der Waals surface area contributed by atoms with Gasteiger partial charge in [0, 0.05) is 11.9 Å². The predicted molar refractivity (Wildman–Crippen MR) is 64.9 cm³/mol. The van der Waals surface area contributed by atoms with Gasteiger partial charge in [0.15, 0.2) is 0 Å². The number of benzene rings is 1. The van der Waals surface area contributed by atoms with Gasteiger partial charge in [-0.15, -0.1) is 11.6 Å². The van der Waals surface area contributed by atoms with E-state index in [2.05, 4.69) is 5.32 Å². The molecule has 94 valence electrons. The van der Waals surface area contributed by atoms with E-state index in [9.17, 15) is 14.3 Å². The van der Waals surface area contributed by atoms with E-state index >= 15 is 0 Å². The van der Waals surface area contributed by atoms with Crippen LogP contribution in [0.1, 0.15) is 30.6 Å². The molecule has 0 heterocycles. The lowest BCUT2D eigenvalue weighted by atomic mass is 10.0. The summed E-state index contributed by atoms with van der Waals surface area (Å²) in [6.45, 7) is 3.70. The number of carbonyl (C=O) groups is 1. The first-order valence-corrected chi connectivity index (χ1v) is 5.82. The molecule has 0 fully saturated rings. The van der Waals surface area contributed by atoms with Gasteiger partial charge < -0.3 is 10.4 Å². The van der Waals surface area contributed by atoms with Crippen LogP contribution >= 0.6 is 11.6 Å². The maximum absolute atomic E-state index is 12.8. The Morgan fingerprint density at radius 2 is 2.24 bits per heavy atom. The third-order valence-electron chi connectivity index (χ3n) is 2.69. The van der Waals surface area contributed by atoms with Gasteiger partial charge in [0.05, 0.1) is 11.1 Å². The van der Waals surface area contributed by atoms with Crippen molar-refractivity contribution in [2.24, 2.45) is 0 Å². The maximum atomic E-state index is 12.8. The third kappa shape index (κ3) is 3.33. The number of amides is 1. The van der Waals surface area contributed by atoms with Crippen molar-refractivity contribution >= 4 is 17.5 Å². The lowest BCUT2D eigenvalue weighted by molar-refractivity contribution is 0.0909. The van der Waals surface area contributed by atoms with E-state index in [1.807, 2.05) is 6.92 Å². The second-order valence-corrected chi connectivity index (χ2v) is 4.43. The highest BCUT2D eigenvalue weighted by Crippen LogP contribution is 2.20. The molecule has 0 spiro atoms. The number of nitrogens with one attached hydrogen (secondary N) is 1. The van der Waals surface area contributed by atoms with Gasteiger partial charge in [0.25, 0.3) is 5.91 Å². The molecule has 0 saturated carbocycles. The zero-order valence-electron chi connectivity index (χ0n) is 9.76. The number of phenols is 1. The second kappa shape index (κ2) is 5.36. The van der Waals surface area contributed by atoms with Crippen LogP contribution in [0.5, 0.6) is 5.75 Å². The molecule has 1 atom stereocenters. The minimum atomic E-state index is -0.588. The van der Waals surface area contributed by atoms with Gasteiger partial charge in [0.1, 0.15) is 11.6 Å². The summed E-state index contributed by atoms with van der Waals surface area (Å²) in [6.07, 6.45) is 0.657. The van der Waals surface area contributed by atoms with E-state index in [0.717, 1.165) is 12.1 Å². The second-order valence-electron chi connectivity index (χ2n) is 4.16. The molecular weight excluding hydrogens is 245 g/mol. The molecule has 5 heteroatoms. The number of carbonyl (C=O) groups excluding carboxylic acids is 1. The number of hydrogen-bond donors (Lipinski definition) is 2. The van der Waals surface area contributed by atoms with Gasteiger partial charge in [-0.25, -0.2) is 4.39 Å². The fraction of sp³-hybridized carbons (Fsp3) is 0.417. The molecular formula is C12H15ClFNO2. The van der Waals surface area contributed by atoms with Crippen molar-refractivity contribution in [3.63, 3.8) is 0 Å². The summed E-state index contributed by atoms with van der Waals surface area (Å²) in [7, 11) is 0. The Labute approximate surface area is 105 Å². The summed E-state index contributed by atoms with van der Waals surface area (Å²) >= 11 is 5.77. The summed E-state index contributed by atoms with van der Waals surface area (Å²) in [5, 5.41) is 12.2. The largest absolute Gasteiger partial charge is 0.507 e. The Balaban J connectivity index is 2.90. The van der Waals surface area contributed by atoms with Gasteiger partial charge in [-0.3, -0.25) is 4.79 Å². The normalized spacial score (nSPS) is 14.1. The molecule has 0 aliphatic carbocycles. The lowest BCUT2D eigenvalue weighted by Crippen LogP contribution is -2.47. The Kier molecular flexibility index (Phi) is 4.34. The highest BCUT2D eigenvalue weighted by Gasteiger charge is 2.24. The van der Waals surface area contributed by atoms with Crippen molar-refractivity contribution in [2.75, 3.05) is 5.88 Å². The van der Waals surface area contributed by atoms with Crippen molar-refractivity contribution in [1.29, 1.82) is 0 Å². The minimum absolute atomic E-state index is 0.0381. The topological polar surface area (TPSA) is 49.3 Å². The van der Waals surface area contributed by atoms with E-state index in [1.54, 1.807) is 6.92 Å². The molecule has 0 bridgehead atoms. The van der Waals surface area contributed by atoms with Crippen LogP contribution in [-0.2, 0) is 0 Å². The molecule has 1 aromatic rings. The number of alkyl halides is 1. The summed E-state index contributed by atoms with van der Waals surface area (Å²) in [6, 6.07) is 3.27. The molecule has 1 unspecified atom stereocenters. The molecule has 0 aliphatic rings. The average Bonchev–Trinajstić information content (AvgIpc) is 2.28. The molecule has 3 nitrogen and oxygen atoms in total. The van der Waals surface area contributed by atoms with Gasteiger partial charge in [-0.2, -0.15) is 0 Å². The third-order valence-corrected chi connectivity index (χ3v) is 3.28. The van der Waals surface area contributed by atoms with Gasteiger partial charge in [0.2, 0.25) is 0 Å². The molecule has 1 amide bonds. The molecule has 2 N–H and O–H groups in total. The molecule has 1 aromatic carbocycles. The van der Waals surface area contributed by atoms with E-state index in [-0.39, 0.29) is 17.2 Å². The average molecular weight is 260 g/mol. The van der Waals surface area contributed by atoms with Gasteiger partial charge in [-0.05, 0) is 25.5 Å². The Bertz CT molecular complexity index is 419. The number of phenolic OH excluding ortho intramolecular Hbond substituents is 1. The van der Waals surface area contributed by atoms with Crippen LogP contribution in [0.2, 0.25) is 0 Å². The van der Waals surface area contributed by atoms with Crippen LogP contribution in [0.3, 0.4) is 0 Å². The van der Waals surface area contributed by atoms with E-state index < -0.39 is 17.3 Å². The lowest BCUT2D eigenvalue weighted by Gasteiger charge is -2.27. The Hall–Kier alpha value is -1.29. The first-order chi connectivity index (χ1) is 7.91. The van der Waals surface area contributed by atoms with Crippen molar-refractivity contribution < 1.29 is 14.3 Å². The predicted octanol–water partition coefficient (Wildman–Crippen LogP) is 2.67.